The summed E-state index contributed by atoms with van der Waals surface area (Å²) in [6.07, 6.45) is -2.00. The summed E-state index contributed by atoms with van der Waals surface area (Å²) in [5, 5.41) is 0.00827. The van der Waals surface area contributed by atoms with Crippen molar-refractivity contribution < 1.29 is 28.6 Å². The van der Waals surface area contributed by atoms with Crippen LogP contribution in [0.5, 0.6) is 0 Å². The van der Waals surface area contributed by atoms with Crippen LogP contribution in [0.1, 0.15) is 52.0 Å². The van der Waals surface area contributed by atoms with E-state index in [-0.39, 0.29) is 16.5 Å². The minimum absolute atomic E-state index is 0.00827. The number of imide groups is 1. The maximum absolute atomic E-state index is 12.5. The number of nitrogens with zero attached hydrogens (tertiary/aromatic N) is 2. The summed E-state index contributed by atoms with van der Waals surface area (Å²) in [7, 11) is 1.16. The van der Waals surface area contributed by atoms with Crippen LogP contribution in [0, 0.1) is 0 Å². The monoisotopic (exact) mass is 386 g/mol. The van der Waals surface area contributed by atoms with Gasteiger partial charge in [0, 0.05) is 0 Å². The van der Waals surface area contributed by atoms with E-state index in [1.54, 1.807) is 41.5 Å². The molecule has 0 aliphatic rings. The van der Waals surface area contributed by atoms with E-state index in [1.165, 1.54) is 12.1 Å². The van der Waals surface area contributed by atoms with Crippen LogP contribution >= 0.6 is 11.6 Å². The van der Waals surface area contributed by atoms with Crippen LogP contribution in [0.3, 0.4) is 0 Å². The molecule has 1 rings (SSSR count). The first-order valence-electron chi connectivity index (χ1n) is 7.76. The number of ether oxygens (including phenoxy) is 3. The second-order valence-corrected chi connectivity index (χ2v) is 7.69. The molecule has 1 heterocycles. The number of methoxy groups -OCH3 is 1. The van der Waals surface area contributed by atoms with Gasteiger partial charge in [-0.2, -0.15) is 4.90 Å². The van der Waals surface area contributed by atoms with Crippen molar-refractivity contribution in [2.24, 2.45) is 0 Å². The molecule has 144 valence electrons. The molecule has 0 aliphatic carbocycles. The Hall–Kier alpha value is -2.35. The van der Waals surface area contributed by atoms with Gasteiger partial charge in [-0.05, 0) is 53.7 Å². The lowest BCUT2D eigenvalue weighted by Crippen LogP contribution is -2.44. The molecule has 26 heavy (non-hydrogen) atoms. The first kappa shape index (κ1) is 21.7. The predicted octanol–water partition coefficient (Wildman–Crippen LogP) is 4.20. The first-order chi connectivity index (χ1) is 11.7. The number of esters is 1. The second-order valence-electron chi connectivity index (χ2n) is 7.29. The molecule has 1 aromatic rings. The van der Waals surface area contributed by atoms with E-state index in [9.17, 15) is 14.4 Å². The summed E-state index contributed by atoms with van der Waals surface area (Å²) in [5.41, 5.74) is -1.98. The molecule has 1 aromatic heterocycles. The highest BCUT2D eigenvalue weighted by molar-refractivity contribution is 6.33. The van der Waals surface area contributed by atoms with Gasteiger partial charge in [0.25, 0.3) is 0 Å². The Morgan fingerprint density at radius 3 is 1.81 bits per heavy atom. The minimum atomic E-state index is -1.00. The van der Waals surface area contributed by atoms with Crippen molar-refractivity contribution in [3.8, 4) is 0 Å². The van der Waals surface area contributed by atoms with Gasteiger partial charge in [-0.25, -0.2) is 19.4 Å². The molecule has 0 spiro atoms. The maximum atomic E-state index is 12.5. The highest BCUT2D eigenvalue weighted by atomic mass is 35.5. The molecule has 0 atom stereocenters. The van der Waals surface area contributed by atoms with E-state index in [0.29, 0.717) is 4.90 Å². The SMILES string of the molecule is COC(=O)c1nc(N(C(=O)OC(C)(C)C)C(=O)OC(C)(C)C)ccc1Cl. The maximum Gasteiger partial charge on any atom is 0.425 e. The number of carbonyl (C=O) groups is 3. The summed E-state index contributed by atoms with van der Waals surface area (Å²) in [5.74, 6) is -0.997. The van der Waals surface area contributed by atoms with E-state index < -0.39 is 29.4 Å². The number of anilines is 1. The van der Waals surface area contributed by atoms with Crippen LogP contribution in [0.4, 0.5) is 15.4 Å². The molecule has 0 radical (unpaired) electrons. The van der Waals surface area contributed by atoms with Crippen LogP contribution in [-0.2, 0) is 14.2 Å². The normalized spacial score (nSPS) is 11.5. The van der Waals surface area contributed by atoms with Crippen LogP contribution < -0.4 is 4.90 Å². The van der Waals surface area contributed by atoms with Gasteiger partial charge < -0.3 is 14.2 Å². The van der Waals surface area contributed by atoms with Crippen molar-refractivity contribution in [3.63, 3.8) is 0 Å². The van der Waals surface area contributed by atoms with Crippen molar-refractivity contribution >= 4 is 35.6 Å². The van der Waals surface area contributed by atoms with E-state index >= 15 is 0 Å². The Balaban J connectivity index is 3.38. The second kappa shape index (κ2) is 7.90. The van der Waals surface area contributed by atoms with E-state index in [0.717, 1.165) is 7.11 Å². The largest absolute Gasteiger partial charge is 0.464 e. The van der Waals surface area contributed by atoms with Gasteiger partial charge in [0.05, 0.1) is 12.1 Å². The van der Waals surface area contributed by atoms with Crippen molar-refractivity contribution in [1.82, 2.24) is 4.98 Å². The molecule has 0 saturated carbocycles. The lowest BCUT2D eigenvalue weighted by Gasteiger charge is -2.28. The molecule has 0 aliphatic heterocycles. The number of rotatable bonds is 2. The van der Waals surface area contributed by atoms with Gasteiger partial charge in [0.15, 0.2) is 5.69 Å². The lowest BCUT2D eigenvalue weighted by atomic mass is 10.2. The van der Waals surface area contributed by atoms with Crippen LogP contribution in [0.25, 0.3) is 0 Å². The van der Waals surface area contributed by atoms with Crippen LogP contribution in [0.15, 0.2) is 12.1 Å². The molecule has 0 saturated heterocycles. The molecule has 0 N–H and O–H groups in total. The third-order valence-corrected chi connectivity index (χ3v) is 2.90. The average Bonchev–Trinajstić information content (AvgIpc) is 2.44. The number of carbonyl (C=O) groups excluding carboxylic acids is 3. The number of aromatic nitrogens is 1. The van der Waals surface area contributed by atoms with Gasteiger partial charge in [0.2, 0.25) is 0 Å². The number of pyridine rings is 1. The summed E-state index contributed by atoms with van der Waals surface area (Å²) in [6, 6.07) is 2.61. The smallest absolute Gasteiger partial charge is 0.425 e. The average molecular weight is 387 g/mol. The van der Waals surface area contributed by atoms with Crippen molar-refractivity contribution in [1.29, 1.82) is 0 Å². The first-order valence-corrected chi connectivity index (χ1v) is 8.14. The van der Waals surface area contributed by atoms with E-state index in [4.69, 9.17) is 21.1 Å². The molecule has 8 nitrogen and oxygen atoms in total. The number of amides is 2. The zero-order chi connectivity index (χ0) is 20.3. The fourth-order valence-corrected chi connectivity index (χ4v) is 1.86. The fourth-order valence-electron chi connectivity index (χ4n) is 1.67. The minimum Gasteiger partial charge on any atom is -0.464 e. The molecule has 9 heteroatoms. The molecule has 0 aromatic carbocycles. The number of hydrogen-bond donors (Lipinski definition) is 0. The molecule has 0 fully saturated rings. The Bertz CT molecular complexity index is 678. The third kappa shape index (κ3) is 6.18. The number of halogens is 1. The summed E-state index contributed by atoms with van der Waals surface area (Å²) in [4.78, 5) is 41.4. The van der Waals surface area contributed by atoms with Gasteiger partial charge >= 0.3 is 18.2 Å². The zero-order valence-corrected chi connectivity index (χ0v) is 16.6. The third-order valence-electron chi connectivity index (χ3n) is 2.59. The van der Waals surface area contributed by atoms with Crippen LogP contribution in [-0.4, -0.2) is 41.5 Å². The molecule has 0 bridgehead atoms. The van der Waals surface area contributed by atoms with E-state index in [1.807, 2.05) is 0 Å². The predicted molar refractivity (Wildman–Crippen MR) is 95.5 cm³/mol. The molecular weight excluding hydrogens is 364 g/mol. The Morgan fingerprint density at radius 1 is 0.962 bits per heavy atom. The van der Waals surface area contributed by atoms with Crippen molar-refractivity contribution in [2.45, 2.75) is 52.7 Å². The summed E-state index contributed by atoms with van der Waals surface area (Å²) < 4.78 is 15.1. The Kier molecular flexibility index (Phi) is 6.59. The van der Waals surface area contributed by atoms with Gasteiger partial charge in [-0.1, -0.05) is 11.6 Å². The van der Waals surface area contributed by atoms with Gasteiger partial charge in [0.1, 0.15) is 17.0 Å². The fraction of sp³-hybridized carbons (Fsp3) is 0.529. The highest BCUT2D eigenvalue weighted by Gasteiger charge is 2.34. The van der Waals surface area contributed by atoms with E-state index in [2.05, 4.69) is 9.72 Å². The molecule has 0 unspecified atom stereocenters. The Morgan fingerprint density at radius 2 is 1.42 bits per heavy atom. The highest BCUT2D eigenvalue weighted by Crippen LogP contribution is 2.24. The summed E-state index contributed by atoms with van der Waals surface area (Å²) >= 11 is 5.93. The summed E-state index contributed by atoms with van der Waals surface area (Å²) in [6.45, 7) is 9.88. The standard InChI is InChI=1S/C17H23ClN2O6/c1-16(2,3)25-14(22)20(15(23)26-17(4,5)6)11-9-8-10(18)12(19-11)13(21)24-7/h8-9H,1-7H3. The van der Waals surface area contributed by atoms with Crippen LogP contribution in [0.2, 0.25) is 5.02 Å². The van der Waals surface area contributed by atoms with Crippen molar-refractivity contribution in [2.75, 3.05) is 12.0 Å². The quantitative estimate of drug-likeness (QED) is 0.555. The topological polar surface area (TPSA) is 95.0 Å². The van der Waals surface area contributed by atoms with Gasteiger partial charge in [-0.3, -0.25) is 0 Å². The number of hydrogen-bond acceptors (Lipinski definition) is 7. The van der Waals surface area contributed by atoms with Gasteiger partial charge in [-0.15, -0.1) is 0 Å². The molecular formula is C17H23ClN2O6. The lowest BCUT2D eigenvalue weighted by molar-refractivity contribution is 0.0426. The van der Waals surface area contributed by atoms with Crippen molar-refractivity contribution in [3.05, 3.63) is 22.8 Å². The Labute approximate surface area is 157 Å². The molecule has 2 amide bonds. The zero-order valence-electron chi connectivity index (χ0n) is 15.9.